The fraction of sp³-hybridized carbons (Fsp3) is 0.643. The summed E-state index contributed by atoms with van der Waals surface area (Å²) in [6, 6.07) is 4.51. The van der Waals surface area contributed by atoms with Gasteiger partial charge >= 0.3 is 0 Å². The van der Waals surface area contributed by atoms with Crippen molar-refractivity contribution in [1.82, 2.24) is 10.3 Å². The number of aromatic nitrogens is 1. The van der Waals surface area contributed by atoms with Crippen molar-refractivity contribution < 1.29 is 4.74 Å². The number of pyridine rings is 1. The van der Waals surface area contributed by atoms with E-state index in [4.69, 9.17) is 4.74 Å². The summed E-state index contributed by atoms with van der Waals surface area (Å²) in [6.07, 6.45) is 6.06. The molecule has 0 spiro atoms. The summed E-state index contributed by atoms with van der Waals surface area (Å²) in [6.45, 7) is 8.16. The van der Waals surface area contributed by atoms with E-state index < -0.39 is 0 Å². The summed E-state index contributed by atoms with van der Waals surface area (Å²) in [5.41, 5.74) is 1.31. The van der Waals surface area contributed by atoms with Crippen molar-refractivity contribution in [3.05, 3.63) is 30.1 Å². The first-order valence-electron chi connectivity index (χ1n) is 6.51. The smallest absolute Gasteiger partial charge is 0.0703 e. The SMILES string of the molecule is CCCNC(Cc1ccncc1)C(C)OCC. The second kappa shape index (κ2) is 8.20. The average molecular weight is 236 g/mol. The van der Waals surface area contributed by atoms with Crippen LogP contribution in [0.3, 0.4) is 0 Å². The predicted octanol–water partition coefficient (Wildman–Crippen LogP) is 2.42. The van der Waals surface area contributed by atoms with Crippen LogP contribution in [0.1, 0.15) is 32.8 Å². The average Bonchev–Trinajstić information content (AvgIpc) is 2.36. The zero-order valence-corrected chi connectivity index (χ0v) is 11.1. The van der Waals surface area contributed by atoms with Gasteiger partial charge in [-0.3, -0.25) is 4.98 Å². The maximum Gasteiger partial charge on any atom is 0.0703 e. The quantitative estimate of drug-likeness (QED) is 0.752. The standard InChI is InChI=1S/C14H24N2O/c1-4-8-16-14(12(3)17-5-2)11-13-6-9-15-10-7-13/h6-7,9-10,12,14,16H,4-5,8,11H2,1-3H3. The largest absolute Gasteiger partial charge is 0.377 e. The summed E-state index contributed by atoms with van der Waals surface area (Å²) in [5.74, 6) is 0. The maximum absolute atomic E-state index is 5.70. The maximum atomic E-state index is 5.70. The summed E-state index contributed by atoms with van der Waals surface area (Å²) in [5, 5.41) is 3.56. The van der Waals surface area contributed by atoms with Gasteiger partial charge in [0.2, 0.25) is 0 Å². The van der Waals surface area contributed by atoms with Gasteiger partial charge in [0.15, 0.2) is 0 Å². The summed E-state index contributed by atoms with van der Waals surface area (Å²) in [7, 11) is 0. The zero-order chi connectivity index (χ0) is 12.5. The Hall–Kier alpha value is -0.930. The van der Waals surface area contributed by atoms with Crippen LogP contribution in [-0.2, 0) is 11.2 Å². The molecule has 0 aliphatic heterocycles. The van der Waals surface area contributed by atoms with Crippen molar-refractivity contribution in [2.45, 2.75) is 45.8 Å². The Kier molecular flexibility index (Phi) is 6.82. The molecule has 2 atom stereocenters. The minimum Gasteiger partial charge on any atom is -0.377 e. The van der Waals surface area contributed by atoms with Crippen molar-refractivity contribution in [2.24, 2.45) is 0 Å². The van der Waals surface area contributed by atoms with Crippen LogP contribution in [0.2, 0.25) is 0 Å². The van der Waals surface area contributed by atoms with E-state index in [1.165, 1.54) is 5.56 Å². The number of nitrogens with one attached hydrogen (secondary N) is 1. The van der Waals surface area contributed by atoms with Crippen LogP contribution in [0.15, 0.2) is 24.5 Å². The lowest BCUT2D eigenvalue weighted by Crippen LogP contribution is -2.41. The normalized spacial score (nSPS) is 14.5. The Morgan fingerprint density at radius 3 is 2.59 bits per heavy atom. The first-order chi connectivity index (χ1) is 8.27. The Labute approximate surface area is 105 Å². The third kappa shape index (κ3) is 5.29. The van der Waals surface area contributed by atoms with Crippen molar-refractivity contribution in [1.29, 1.82) is 0 Å². The van der Waals surface area contributed by atoms with Gasteiger partial charge in [0.05, 0.1) is 6.10 Å². The number of nitrogens with zero attached hydrogens (tertiary/aromatic N) is 1. The van der Waals surface area contributed by atoms with Gasteiger partial charge in [0.25, 0.3) is 0 Å². The van der Waals surface area contributed by atoms with E-state index in [1.54, 1.807) is 0 Å². The fourth-order valence-corrected chi connectivity index (χ4v) is 1.89. The molecule has 0 saturated carbocycles. The van der Waals surface area contributed by atoms with Gasteiger partial charge in [-0.05, 0) is 50.9 Å². The molecular formula is C14H24N2O. The van der Waals surface area contributed by atoms with Crippen LogP contribution in [0.5, 0.6) is 0 Å². The molecule has 0 amide bonds. The monoisotopic (exact) mass is 236 g/mol. The van der Waals surface area contributed by atoms with Gasteiger partial charge < -0.3 is 10.1 Å². The zero-order valence-electron chi connectivity index (χ0n) is 11.1. The molecule has 0 fully saturated rings. The lowest BCUT2D eigenvalue weighted by Gasteiger charge is -2.25. The fourth-order valence-electron chi connectivity index (χ4n) is 1.89. The minimum atomic E-state index is 0.236. The molecule has 1 heterocycles. The van der Waals surface area contributed by atoms with Crippen LogP contribution < -0.4 is 5.32 Å². The van der Waals surface area contributed by atoms with Crippen LogP contribution >= 0.6 is 0 Å². The van der Waals surface area contributed by atoms with Gasteiger partial charge in [-0.2, -0.15) is 0 Å². The third-order valence-electron chi connectivity index (χ3n) is 2.86. The number of hydrogen-bond acceptors (Lipinski definition) is 3. The second-order valence-electron chi connectivity index (χ2n) is 4.28. The van der Waals surface area contributed by atoms with E-state index in [-0.39, 0.29) is 6.10 Å². The van der Waals surface area contributed by atoms with Crippen LogP contribution in [0.4, 0.5) is 0 Å². The highest BCUT2D eigenvalue weighted by Crippen LogP contribution is 2.08. The first kappa shape index (κ1) is 14.1. The molecule has 0 aliphatic rings. The molecule has 2 unspecified atom stereocenters. The van der Waals surface area contributed by atoms with E-state index in [0.717, 1.165) is 26.0 Å². The van der Waals surface area contributed by atoms with Gasteiger partial charge in [-0.25, -0.2) is 0 Å². The molecule has 3 heteroatoms. The van der Waals surface area contributed by atoms with E-state index >= 15 is 0 Å². The Morgan fingerprint density at radius 2 is 2.00 bits per heavy atom. The Balaban J connectivity index is 2.56. The highest BCUT2D eigenvalue weighted by atomic mass is 16.5. The summed E-state index contributed by atoms with van der Waals surface area (Å²) >= 11 is 0. The number of hydrogen-bond donors (Lipinski definition) is 1. The van der Waals surface area contributed by atoms with E-state index in [0.29, 0.717) is 6.04 Å². The summed E-state index contributed by atoms with van der Waals surface area (Å²) in [4.78, 5) is 4.04. The van der Waals surface area contributed by atoms with Crippen LogP contribution in [-0.4, -0.2) is 30.3 Å². The van der Waals surface area contributed by atoms with Gasteiger partial charge in [-0.15, -0.1) is 0 Å². The highest BCUT2D eigenvalue weighted by molar-refractivity contribution is 5.11. The van der Waals surface area contributed by atoms with E-state index in [2.05, 4.69) is 36.3 Å². The minimum absolute atomic E-state index is 0.236. The molecule has 0 radical (unpaired) electrons. The lowest BCUT2D eigenvalue weighted by atomic mass is 10.0. The lowest BCUT2D eigenvalue weighted by molar-refractivity contribution is 0.0476. The highest BCUT2D eigenvalue weighted by Gasteiger charge is 2.16. The molecule has 1 rings (SSSR count). The molecule has 1 aromatic heterocycles. The third-order valence-corrected chi connectivity index (χ3v) is 2.86. The van der Waals surface area contributed by atoms with Crippen LogP contribution in [0.25, 0.3) is 0 Å². The number of ether oxygens (including phenoxy) is 1. The second-order valence-corrected chi connectivity index (χ2v) is 4.28. The first-order valence-corrected chi connectivity index (χ1v) is 6.51. The molecule has 96 valence electrons. The van der Waals surface area contributed by atoms with Gasteiger partial charge in [-0.1, -0.05) is 6.92 Å². The van der Waals surface area contributed by atoms with Crippen LogP contribution in [0, 0.1) is 0 Å². The molecule has 0 bridgehead atoms. The molecule has 1 aromatic rings. The topological polar surface area (TPSA) is 34.2 Å². The molecule has 17 heavy (non-hydrogen) atoms. The van der Waals surface area contributed by atoms with Crippen molar-refractivity contribution in [3.63, 3.8) is 0 Å². The Bertz CT molecular complexity index is 290. The van der Waals surface area contributed by atoms with E-state index in [1.807, 2.05) is 19.3 Å². The molecule has 1 N–H and O–H groups in total. The molecular weight excluding hydrogens is 212 g/mol. The van der Waals surface area contributed by atoms with E-state index in [9.17, 15) is 0 Å². The number of rotatable bonds is 8. The van der Waals surface area contributed by atoms with Gasteiger partial charge in [0.1, 0.15) is 0 Å². The molecule has 0 aliphatic carbocycles. The van der Waals surface area contributed by atoms with Crippen molar-refractivity contribution >= 4 is 0 Å². The van der Waals surface area contributed by atoms with Gasteiger partial charge in [0, 0.05) is 25.0 Å². The van der Waals surface area contributed by atoms with Crippen molar-refractivity contribution in [3.8, 4) is 0 Å². The molecule has 0 saturated heterocycles. The summed E-state index contributed by atoms with van der Waals surface area (Å²) < 4.78 is 5.70. The molecule has 0 aromatic carbocycles. The Morgan fingerprint density at radius 1 is 1.29 bits per heavy atom. The molecule has 3 nitrogen and oxygen atoms in total. The predicted molar refractivity (Wildman–Crippen MR) is 71.1 cm³/mol. The van der Waals surface area contributed by atoms with Crippen molar-refractivity contribution in [2.75, 3.05) is 13.2 Å².